The number of rotatable bonds is 4. The molecular weight excluding hydrogens is 234 g/mol. The van der Waals surface area contributed by atoms with Gasteiger partial charge in [-0.15, -0.1) is 0 Å². The summed E-state index contributed by atoms with van der Waals surface area (Å²) in [5, 5.41) is 6.11. The molecule has 0 aliphatic carbocycles. The van der Waals surface area contributed by atoms with E-state index in [1.54, 1.807) is 0 Å². The fourth-order valence-corrected chi connectivity index (χ4v) is 2.99. The molecule has 100 valence electrons. The van der Waals surface area contributed by atoms with Gasteiger partial charge in [-0.3, -0.25) is 0 Å². The van der Waals surface area contributed by atoms with Crippen LogP contribution in [0.5, 0.6) is 5.75 Å². The fraction of sp³-hybridized carbons (Fsp3) is 0.412. The molecule has 0 bridgehead atoms. The summed E-state index contributed by atoms with van der Waals surface area (Å²) in [6.45, 7) is 5.07. The van der Waals surface area contributed by atoms with E-state index < -0.39 is 0 Å². The third-order valence-electron chi connectivity index (χ3n) is 3.95. The van der Waals surface area contributed by atoms with Crippen molar-refractivity contribution in [1.82, 2.24) is 5.32 Å². The molecule has 0 spiro atoms. The van der Waals surface area contributed by atoms with Gasteiger partial charge in [0.15, 0.2) is 0 Å². The second-order valence-electron chi connectivity index (χ2n) is 5.26. The lowest BCUT2D eigenvalue weighted by Crippen LogP contribution is -2.11. The van der Waals surface area contributed by atoms with Crippen molar-refractivity contribution in [3.05, 3.63) is 42.0 Å². The molecule has 2 nitrogen and oxygen atoms in total. The van der Waals surface area contributed by atoms with Gasteiger partial charge >= 0.3 is 0 Å². The summed E-state index contributed by atoms with van der Waals surface area (Å²) in [6, 6.07) is 12.9. The van der Waals surface area contributed by atoms with Crippen LogP contribution < -0.4 is 10.1 Å². The first-order chi connectivity index (χ1) is 9.38. The molecule has 1 aliphatic rings. The van der Waals surface area contributed by atoms with E-state index in [-0.39, 0.29) is 0 Å². The molecule has 1 N–H and O–H groups in total. The third-order valence-corrected chi connectivity index (χ3v) is 3.95. The molecule has 1 saturated heterocycles. The van der Waals surface area contributed by atoms with Gasteiger partial charge in [0.1, 0.15) is 5.75 Å². The summed E-state index contributed by atoms with van der Waals surface area (Å²) in [5.41, 5.74) is 1.38. The van der Waals surface area contributed by atoms with Crippen molar-refractivity contribution in [2.45, 2.75) is 19.8 Å². The van der Waals surface area contributed by atoms with Crippen LogP contribution in [0, 0.1) is 5.92 Å². The highest BCUT2D eigenvalue weighted by atomic mass is 16.5. The average Bonchev–Trinajstić information content (AvgIpc) is 2.95. The largest absolute Gasteiger partial charge is 0.494 e. The summed E-state index contributed by atoms with van der Waals surface area (Å²) in [4.78, 5) is 0. The van der Waals surface area contributed by atoms with Crippen LogP contribution >= 0.6 is 0 Å². The van der Waals surface area contributed by atoms with Gasteiger partial charge in [-0.2, -0.15) is 0 Å². The molecule has 0 radical (unpaired) electrons. The summed E-state index contributed by atoms with van der Waals surface area (Å²) >= 11 is 0. The van der Waals surface area contributed by atoms with E-state index in [0.29, 0.717) is 0 Å². The zero-order valence-electron chi connectivity index (χ0n) is 11.5. The molecule has 1 heterocycles. The van der Waals surface area contributed by atoms with Gasteiger partial charge in [0.25, 0.3) is 0 Å². The molecule has 2 heteroatoms. The zero-order valence-corrected chi connectivity index (χ0v) is 11.5. The minimum atomic E-state index is 0.730. The third kappa shape index (κ3) is 2.59. The quantitative estimate of drug-likeness (QED) is 0.904. The first-order valence-electron chi connectivity index (χ1n) is 7.22. The van der Waals surface area contributed by atoms with Crippen LogP contribution in [-0.2, 0) is 6.42 Å². The Labute approximate surface area is 114 Å². The van der Waals surface area contributed by atoms with Crippen LogP contribution in [0.25, 0.3) is 10.8 Å². The van der Waals surface area contributed by atoms with Gasteiger partial charge < -0.3 is 10.1 Å². The monoisotopic (exact) mass is 255 g/mol. The molecule has 2 aromatic rings. The van der Waals surface area contributed by atoms with Crippen LogP contribution in [0.1, 0.15) is 18.9 Å². The SMILES string of the molecule is CCOc1ccc2ccccc2c1CC1CCNC1. The van der Waals surface area contributed by atoms with Crippen molar-refractivity contribution in [1.29, 1.82) is 0 Å². The topological polar surface area (TPSA) is 21.3 Å². The minimum Gasteiger partial charge on any atom is -0.494 e. The predicted molar refractivity (Wildman–Crippen MR) is 79.8 cm³/mol. The van der Waals surface area contributed by atoms with Crippen LogP contribution in [0.15, 0.2) is 36.4 Å². The number of benzene rings is 2. The van der Waals surface area contributed by atoms with E-state index in [9.17, 15) is 0 Å². The van der Waals surface area contributed by atoms with E-state index in [2.05, 4.69) is 48.6 Å². The van der Waals surface area contributed by atoms with Crippen molar-refractivity contribution in [3.8, 4) is 5.75 Å². The van der Waals surface area contributed by atoms with E-state index in [1.165, 1.54) is 22.8 Å². The van der Waals surface area contributed by atoms with Gasteiger partial charge in [0.05, 0.1) is 6.61 Å². The van der Waals surface area contributed by atoms with Gasteiger partial charge in [-0.1, -0.05) is 30.3 Å². The fourth-order valence-electron chi connectivity index (χ4n) is 2.99. The van der Waals surface area contributed by atoms with E-state index in [4.69, 9.17) is 4.74 Å². The lowest BCUT2D eigenvalue weighted by atomic mass is 9.93. The highest BCUT2D eigenvalue weighted by Crippen LogP contribution is 2.31. The number of hydrogen-bond acceptors (Lipinski definition) is 2. The highest BCUT2D eigenvalue weighted by Gasteiger charge is 2.18. The van der Waals surface area contributed by atoms with E-state index >= 15 is 0 Å². The normalized spacial score (nSPS) is 18.9. The maximum atomic E-state index is 5.83. The molecule has 1 fully saturated rings. The maximum Gasteiger partial charge on any atom is 0.123 e. The maximum absolute atomic E-state index is 5.83. The van der Waals surface area contributed by atoms with Crippen LogP contribution in [-0.4, -0.2) is 19.7 Å². The molecule has 0 aromatic heterocycles. The minimum absolute atomic E-state index is 0.730. The molecule has 0 saturated carbocycles. The number of nitrogens with one attached hydrogen (secondary N) is 1. The summed E-state index contributed by atoms with van der Waals surface area (Å²) < 4.78 is 5.83. The van der Waals surface area contributed by atoms with Crippen molar-refractivity contribution in [2.75, 3.05) is 19.7 Å². The molecule has 0 amide bonds. The first-order valence-corrected chi connectivity index (χ1v) is 7.22. The standard InChI is InChI=1S/C17H21NO/c1-2-19-17-8-7-14-5-3-4-6-15(14)16(17)11-13-9-10-18-12-13/h3-8,13,18H,2,9-12H2,1H3. The van der Waals surface area contributed by atoms with Gasteiger partial charge in [0, 0.05) is 5.56 Å². The van der Waals surface area contributed by atoms with Crippen LogP contribution in [0.2, 0.25) is 0 Å². The Kier molecular flexibility index (Phi) is 3.69. The average molecular weight is 255 g/mol. The van der Waals surface area contributed by atoms with Crippen molar-refractivity contribution < 1.29 is 4.74 Å². The smallest absolute Gasteiger partial charge is 0.123 e. The highest BCUT2D eigenvalue weighted by molar-refractivity contribution is 5.87. The number of fused-ring (bicyclic) bond motifs is 1. The van der Waals surface area contributed by atoms with Gasteiger partial charge in [-0.25, -0.2) is 0 Å². The molecule has 19 heavy (non-hydrogen) atoms. The molecule has 1 unspecified atom stereocenters. The zero-order chi connectivity index (χ0) is 13.1. The lowest BCUT2D eigenvalue weighted by molar-refractivity contribution is 0.335. The van der Waals surface area contributed by atoms with E-state index in [0.717, 1.165) is 37.8 Å². The Morgan fingerprint density at radius 3 is 2.89 bits per heavy atom. The molecular formula is C17H21NO. The Morgan fingerprint density at radius 2 is 2.11 bits per heavy atom. The molecule has 3 rings (SSSR count). The lowest BCUT2D eigenvalue weighted by Gasteiger charge is -2.16. The Bertz CT molecular complexity index is 558. The number of ether oxygens (including phenoxy) is 1. The van der Waals surface area contributed by atoms with Crippen LogP contribution in [0.3, 0.4) is 0 Å². The van der Waals surface area contributed by atoms with Crippen LogP contribution in [0.4, 0.5) is 0 Å². The second-order valence-corrected chi connectivity index (χ2v) is 5.26. The predicted octanol–water partition coefficient (Wildman–Crippen LogP) is 3.39. The van der Waals surface area contributed by atoms with E-state index in [1.807, 2.05) is 0 Å². The molecule has 1 aliphatic heterocycles. The molecule has 1 atom stereocenters. The Morgan fingerprint density at radius 1 is 1.21 bits per heavy atom. The van der Waals surface area contributed by atoms with Crippen molar-refractivity contribution >= 4 is 10.8 Å². The Balaban J connectivity index is 2.02. The molecule has 2 aromatic carbocycles. The summed E-state index contributed by atoms with van der Waals surface area (Å²) in [6.07, 6.45) is 2.39. The summed E-state index contributed by atoms with van der Waals surface area (Å²) in [5.74, 6) is 1.80. The van der Waals surface area contributed by atoms with Crippen molar-refractivity contribution in [3.63, 3.8) is 0 Å². The second kappa shape index (κ2) is 5.62. The first kappa shape index (κ1) is 12.5. The summed E-state index contributed by atoms with van der Waals surface area (Å²) in [7, 11) is 0. The number of hydrogen-bond donors (Lipinski definition) is 1. The van der Waals surface area contributed by atoms with Gasteiger partial charge in [0.2, 0.25) is 0 Å². The van der Waals surface area contributed by atoms with Crippen molar-refractivity contribution in [2.24, 2.45) is 5.92 Å². The van der Waals surface area contributed by atoms with Gasteiger partial charge in [-0.05, 0) is 55.6 Å². The Hall–Kier alpha value is -1.54.